The van der Waals surface area contributed by atoms with E-state index in [1.54, 1.807) is 6.92 Å². The van der Waals surface area contributed by atoms with E-state index in [4.69, 9.17) is 5.53 Å². The highest BCUT2D eigenvalue weighted by Gasteiger charge is 2.29. The zero-order valence-electron chi connectivity index (χ0n) is 7.86. The predicted molar refractivity (Wildman–Crippen MR) is 49.0 cm³/mol. The van der Waals surface area contributed by atoms with Gasteiger partial charge in [0.2, 0.25) is 0 Å². The Labute approximate surface area is 84.2 Å². The van der Waals surface area contributed by atoms with E-state index < -0.39 is 17.8 Å². The van der Waals surface area contributed by atoms with Crippen LogP contribution in [0.2, 0.25) is 0 Å². The molecule has 0 spiro atoms. The first-order valence-corrected chi connectivity index (χ1v) is 4.16. The smallest absolute Gasteiger partial charge is 0.166 e. The number of benzene rings is 1. The van der Waals surface area contributed by atoms with Gasteiger partial charge in [0.1, 0.15) is 0 Å². The summed E-state index contributed by atoms with van der Waals surface area (Å²) in [5.41, 5.74) is 8.01. The Hall–Kier alpha value is -1.68. The lowest BCUT2D eigenvalue weighted by Crippen LogP contribution is -2.04. The summed E-state index contributed by atoms with van der Waals surface area (Å²) in [6.45, 7) is 1.61. The Morgan fingerprint density at radius 3 is 2.20 bits per heavy atom. The van der Waals surface area contributed by atoms with Crippen molar-refractivity contribution in [3.63, 3.8) is 0 Å². The maximum atomic E-state index is 12.2. The monoisotopic (exact) mass is 215 g/mol. The predicted octanol–water partition coefficient (Wildman–Crippen LogP) is 4.08. The molecule has 0 saturated carbocycles. The Kier molecular flexibility index (Phi) is 3.21. The van der Waals surface area contributed by atoms with Crippen LogP contribution in [0, 0.1) is 0 Å². The van der Waals surface area contributed by atoms with Gasteiger partial charge in [0.15, 0.2) is 0 Å². The molecule has 0 aliphatic carbocycles. The first kappa shape index (κ1) is 11.4. The molecule has 1 aromatic rings. The van der Waals surface area contributed by atoms with E-state index in [0.717, 1.165) is 12.1 Å². The molecule has 0 aliphatic heterocycles. The van der Waals surface area contributed by atoms with Crippen molar-refractivity contribution in [3.8, 4) is 0 Å². The van der Waals surface area contributed by atoms with Gasteiger partial charge in [0.05, 0.1) is 11.6 Å². The summed E-state index contributed by atoms with van der Waals surface area (Å²) >= 11 is 0. The van der Waals surface area contributed by atoms with Gasteiger partial charge in [0.25, 0.3) is 0 Å². The van der Waals surface area contributed by atoms with E-state index in [0.29, 0.717) is 5.56 Å². The largest absolute Gasteiger partial charge is 0.416 e. The fraction of sp³-hybridized carbons (Fsp3) is 0.333. The summed E-state index contributed by atoms with van der Waals surface area (Å²) in [4.78, 5) is 2.59. The number of nitrogens with zero attached hydrogens (tertiary/aromatic N) is 3. The van der Waals surface area contributed by atoms with Crippen molar-refractivity contribution in [2.45, 2.75) is 19.1 Å². The Morgan fingerprint density at radius 1 is 1.27 bits per heavy atom. The van der Waals surface area contributed by atoms with Crippen molar-refractivity contribution >= 4 is 0 Å². The lowest BCUT2D eigenvalue weighted by atomic mass is 10.1. The van der Waals surface area contributed by atoms with Crippen molar-refractivity contribution in [1.82, 2.24) is 0 Å². The third-order valence-electron chi connectivity index (χ3n) is 1.95. The van der Waals surface area contributed by atoms with Crippen molar-refractivity contribution in [1.29, 1.82) is 0 Å². The van der Waals surface area contributed by atoms with Gasteiger partial charge in [-0.15, -0.1) is 0 Å². The normalized spacial score (nSPS) is 13.1. The molecule has 0 unspecified atom stereocenters. The van der Waals surface area contributed by atoms with Crippen molar-refractivity contribution < 1.29 is 13.2 Å². The second-order valence-electron chi connectivity index (χ2n) is 3.00. The standard InChI is InChI=1S/C9H8F3N3/c1-6(14-15-13)7-2-4-8(5-3-7)9(10,11)12/h2-6H,1H3/t6-/m0/s1. The van der Waals surface area contributed by atoms with Crippen LogP contribution in [-0.4, -0.2) is 0 Å². The summed E-state index contributed by atoms with van der Waals surface area (Å²) in [5.74, 6) is 0. The highest BCUT2D eigenvalue weighted by Crippen LogP contribution is 2.30. The molecule has 0 aromatic heterocycles. The quantitative estimate of drug-likeness (QED) is 0.405. The SMILES string of the molecule is C[C@H](N=[N+]=[N-])c1ccc(C(F)(F)F)cc1. The van der Waals surface area contributed by atoms with Gasteiger partial charge in [-0.1, -0.05) is 24.2 Å². The molecule has 0 radical (unpaired) electrons. The summed E-state index contributed by atoms with van der Waals surface area (Å²) in [6, 6.07) is 4.10. The van der Waals surface area contributed by atoms with Gasteiger partial charge in [-0.3, -0.25) is 0 Å². The molecule has 1 atom stereocenters. The molecule has 3 nitrogen and oxygen atoms in total. The highest BCUT2D eigenvalue weighted by molar-refractivity contribution is 5.26. The van der Waals surface area contributed by atoms with E-state index in [-0.39, 0.29) is 0 Å². The number of rotatable bonds is 2. The second-order valence-corrected chi connectivity index (χ2v) is 3.00. The van der Waals surface area contributed by atoms with Crippen LogP contribution in [-0.2, 0) is 6.18 Å². The molecule has 0 amide bonds. The van der Waals surface area contributed by atoms with Crippen LogP contribution in [0.4, 0.5) is 13.2 Å². The molecule has 0 fully saturated rings. The molecule has 6 heteroatoms. The van der Waals surface area contributed by atoms with Crippen LogP contribution in [0.15, 0.2) is 29.4 Å². The summed E-state index contributed by atoms with van der Waals surface area (Å²) in [5, 5.41) is 3.39. The van der Waals surface area contributed by atoms with E-state index in [2.05, 4.69) is 10.0 Å². The van der Waals surface area contributed by atoms with Crippen LogP contribution >= 0.6 is 0 Å². The zero-order chi connectivity index (χ0) is 11.5. The molecule has 0 aliphatic rings. The van der Waals surface area contributed by atoms with Crippen molar-refractivity contribution in [3.05, 3.63) is 45.8 Å². The van der Waals surface area contributed by atoms with Gasteiger partial charge in [-0.05, 0) is 23.2 Å². The summed E-state index contributed by atoms with van der Waals surface area (Å²) in [7, 11) is 0. The average Bonchev–Trinajstić information content (AvgIpc) is 2.17. The minimum absolute atomic E-state index is 0.461. The van der Waals surface area contributed by atoms with E-state index in [1.165, 1.54) is 12.1 Å². The highest BCUT2D eigenvalue weighted by atomic mass is 19.4. The zero-order valence-corrected chi connectivity index (χ0v) is 7.86. The van der Waals surface area contributed by atoms with Gasteiger partial charge >= 0.3 is 6.18 Å². The average molecular weight is 215 g/mol. The van der Waals surface area contributed by atoms with Crippen molar-refractivity contribution in [2.24, 2.45) is 5.11 Å². The van der Waals surface area contributed by atoms with Gasteiger partial charge < -0.3 is 0 Å². The van der Waals surface area contributed by atoms with Crippen LogP contribution in [0.1, 0.15) is 24.1 Å². The number of hydrogen-bond acceptors (Lipinski definition) is 1. The summed E-state index contributed by atoms with van der Waals surface area (Å²) in [6.07, 6.45) is -4.33. The van der Waals surface area contributed by atoms with Crippen molar-refractivity contribution in [2.75, 3.05) is 0 Å². The molecule has 0 N–H and O–H groups in total. The Balaban J connectivity index is 2.95. The molecule has 0 bridgehead atoms. The first-order chi connectivity index (χ1) is 6.95. The van der Waals surface area contributed by atoms with Crippen LogP contribution in [0.5, 0.6) is 0 Å². The van der Waals surface area contributed by atoms with Gasteiger partial charge in [-0.2, -0.15) is 13.2 Å². The third-order valence-corrected chi connectivity index (χ3v) is 1.95. The minimum Gasteiger partial charge on any atom is -0.166 e. The molecule has 15 heavy (non-hydrogen) atoms. The number of halogens is 3. The Bertz CT molecular complexity index is 377. The third kappa shape index (κ3) is 2.89. The fourth-order valence-electron chi connectivity index (χ4n) is 1.09. The first-order valence-electron chi connectivity index (χ1n) is 4.16. The van der Waals surface area contributed by atoms with E-state index in [1.807, 2.05) is 0 Å². The molecular formula is C9H8F3N3. The number of alkyl halides is 3. The molecule has 80 valence electrons. The van der Waals surface area contributed by atoms with Crippen LogP contribution in [0.25, 0.3) is 10.4 Å². The molecule has 1 aromatic carbocycles. The maximum absolute atomic E-state index is 12.2. The maximum Gasteiger partial charge on any atom is 0.416 e. The van der Waals surface area contributed by atoms with Gasteiger partial charge in [0, 0.05) is 4.91 Å². The fourth-order valence-corrected chi connectivity index (χ4v) is 1.09. The van der Waals surface area contributed by atoms with Crippen LogP contribution < -0.4 is 0 Å². The molecular weight excluding hydrogens is 207 g/mol. The molecule has 0 heterocycles. The lowest BCUT2D eigenvalue weighted by Gasteiger charge is -2.08. The van der Waals surface area contributed by atoms with Gasteiger partial charge in [-0.25, -0.2) is 0 Å². The molecule has 1 rings (SSSR count). The Morgan fingerprint density at radius 2 is 1.80 bits per heavy atom. The second kappa shape index (κ2) is 4.23. The topological polar surface area (TPSA) is 48.8 Å². The number of azide groups is 1. The lowest BCUT2D eigenvalue weighted by molar-refractivity contribution is -0.137. The van der Waals surface area contributed by atoms with Crippen LogP contribution in [0.3, 0.4) is 0 Å². The number of hydrogen-bond donors (Lipinski definition) is 0. The minimum atomic E-state index is -4.33. The molecule has 0 saturated heterocycles. The van der Waals surface area contributed by atoms with E-state index >= 15 is 0 Å². The summed E-state index contributed by atoms with van der Waals surface area (Å²) < 4.78 is 36.6. The van der Waals surface area contributed by atoms with E-state index in [9.17, 15) is 13.2 Å².